The SMILES string of the molecule is CCOc1cccc2sc(N(CCCn3ccnc3)C(=O)c3ccc(OC)cc3)nc12. The molecule has 0 spiro atoms. The van der Waals surface area contributed by atoms with Crippen LogP contribution in [-0.2, 0) is 6.54 Å². The van der Waals surface area contributed by atoms with Crippen molar-refractivity contribution in [3.05, 3.63) is 66.7 Å². The van der Waals surface area contributed by atoms with Crippen molar-refractivity contribution in [3.63, 3.8) is 0 Å². The van der Waals surface area contributed by atoms with E-state index in [4.69, 9.17) is 14.5 Å². The number of carbonyl (C=O) groups is 1. The van der Waals surface area contributed by atoms with Crippen molar-refractivity contribution < 1.29 is 14.3 Å². The maximum absolute atomic E-state index is 13.4. The van der Waals surface area contributed by atoms with Crippen LogP contribution in [0.5, 0.6) is 11.5 Å². The molecule has 0 aliphatic rings. The van der Waals surface area contributed by atoms with Gasteiger partial charge in [0.15, 0.2) is 5.13 Å². The van der Waals surface area contributed by atoms with Crippen LogP contribution in [0.1, 0.15) is 23.7 Å². The second-order valence-corrected chi connectivity index (χ2v) is 7.88. The summed E-state index contributed by atoms with van der Waals surface area (Å²) in [5.74, 6) is 1.35. The highest BCUT2D eigenvalue weighted by Crippen LogP contribution is 2.35. The zero-order valence-electron chi connectivity index (χ0n) is 17.5. The number of ether oxygens (including phenoxy) is 2. The van der Waals surface area contributed by atoms with Gasteiger partial charge in [-0.25, -0.2) is 9.97 Å². The number of thiazole rings is 1. The molecule has 0 radical (unpaired) electrons. The van der Waals surface area contributed by atoms with E-state index in [0.29, 0.717) is 29.6 Å². The molecular formula is C23H24N4O3S. The van der Waals surface area contributed by atoms with Crippen LogP contribution in [0.15, 0.2) is 61.2 Å². The first kappa shape index (κ1) is 20.9. The number of methoxy groups -OCH3 is 1. The molecule has 0 saturated heterocycles. The summed E-state index contributed by atoms with van der Waals surface area (Å²) in [6, 6.07) is 13.0. The lowest BCUT2D eigenvalue weighted by Crippen LogP contribution is -2.32. The molecular weight excluding hydrogens is 412 g/mol. The number of aryl methyl sites for hydroxylation is 1. The van der Waals surface area contributed by atoms with E-state index in [2.05, 4.69) is 4.98 Å². The van der Waals surface area contributed by atoms with Crippen LogP contribution in [0, 0.1) is 0 Å². The van der Waals surface area contributed by atoms with Crippen molar-refractivity contribution in [1.29, 1.82) is 0 Å². The van der Waals surface area contributed by atoms with Crippen molar-refractivity contribution in [2.45, 2.75) is 19.9 Å². The lowest BCUT2D eigenvalue weighted by Gasteiger charge is -2.20. The van der Waals surface area contributed by atoms with Crippen molar-refractivity contribution in [1.82, 2.24) is 14.5 Å². The van der Waals surface area contributed by atoms with Crippen LogP contribution >= 0.6 is 11.3 Å². The van der Waals surface area contributed by atoms with Gasteiger partial charge in [-0.2, -0.15) is 0 Å². The van der Waals surface area contributed by atoms with Gasteiger partial charge in [0, 0.05) is 31.0 Å². The highest BCUT2D eigenvalue weighted by atomic mass is 32.1. The Hall–Kier alpha value is -3.39. The number of fused-ring (bicyclic) bond motifs is 1. The van der Waals surface area contributed by atoms with E-state index in [9.17, 15) is 4.79 Å². The van der Waals surface area contributed by atoms with Crippen LogP contribution in [-0.4, -0.2) is 40.7 Å². The molecule has 2 aromatic carbocycles. The van der Waals surface area contributed by atoms with Crippen molar-refractivity contribution in [3.8, 4) is 11.5 Å². The van der Waals surface area contributed by atoms with E-state index >= 15 is 0 Å². The number of hydrogen-bond acceptors (Lipinski definition) is 6. The summed E-state index contributed by atoms with van der Waals surface area (Å²) < 4.78 is 13.9. The smallest absolute Gasteiger partial charge is 0.260 e. The maximum atomic E-state index is 13.4. The molecule has 0 fully saturated rings. The predicted octanol–water partition coefficient (Wildman–Crippen LogP) is 4.64. The normalized spacial score (nSPS) is 10.9. The summed E-state index contributed by atoms with van der Waals surface area (Å²) in [7, 11) is 1.61. The third-order valence-electron chi connectivity index (χ3n) is 4.84. The minimum absolute atomic E-state index is 0.0923. The summed E-state index contributed by atoms with van der Waals surface area (Å²) in [4.78, 5) is 24.0. The molecule has 2 aromatic heterocycles. The second-order valence-electron chi connectivity index (χ2n) is 6.87. The molecule has 0 aliphatic carbocycles. The molecule has 0 bridgehead atoms. The Bertz CT molecular complexity index is 1140. The average Bonchev–Trinajstić information content (AvgIpc) is 3.47. The zero-order valence-corrected chi connectivity index (χ0v) is 18.3. The van der Waals surface area contributed by atoms with Crippen molar-refractivity contribution >= 4 is 32.6 Å². The van der Waals surface area contributed by atoms with Gasteiger partial charge in [0.05, 0.1) is 24.7 Å². The Balaban J connectivity index is 1.64. The number of aromatic nitrogens is 3. The number of anilines is 1. The van der Waals surface area contributed by atoms with E-state index < -0.39 is 0 Å². The molecule has 0 saturated carbocycles. The number of para-hydroxylation sites is 1. The van der Waals surface area contributed by atoms with Crippen LogP contribution < -0.4 is 14.4 Å². The predicted molar refractivity (Wildman–Crippen MR) is 122 cm³/mol. The summed E-state index contributed by atoms with van der Waals surface area (Å²) in [6.45, 7) is 3.81. The number of hydrogen-bond donors (Lipinski definition) is 0. The minimum Gasteiger partial charge on any atom is -0.497 e. The molecule has 31 heavy (non-hydrogen) atoms. The van der Waals surface area contributed by atoms with Gasteiger partial charge in [0.25, 0.3) is 5.91 Å². The molecule has 160 valence electrons. The number of amides is 1. The summed E-state index contributed by atoms with van der Waals surface area (Å²) in [5.41, 5.74) is 1.37. The van der Waals surface area contributed by atoms with E-state index in [0.717, 1.165) is 28.9 Å². The molecule has 8 heteroatoms. The Morgan fingerprint density at radius 2 is 2.03 bits per heavy atom. The first-order valence-corrected chi connectivity index (χ1v) is 10.9. The Labute approximate surface area is 184 Å². The minimum atomic E-state index is -0.0923. The molecule has 4 aromatic rings. The van der Waals surface area contributed by atoms with Crippen molar-refractivity contribution in [2.75, 3.05) is 25.2 Å². The largest absolute Gasteiger partial charge is 0.497 e. The van der Waals surface area contributed by atoms with Crippen LogP contribution in [0.4, 0.5) is 5.13 Å². The van der Waals surface area contributed by atoms with Gasteiger partial charge in [-0.15, -0.1) is 0 Å². The molecule has 0 unspecified atom stereocenters. The quantitative estimate of drug-likeness (QED) is 0.382. The second kappa shape index (κ2) is 9.61. The molecule has 2 heterocycles. The highest BCUT2D eigenvalue weighted by Gasteiger charge is 2.22. The van der Waals surface area contributed by atoms with Crippen LogP contribution in [0.3, 0.4) is 0 Å². The summed E-state index contributed by atoms with van der Waals surface area (Å²) in [6.07, 6.45) is 6.22. The monoisotopic (exact) mass is 436 g/mol. The van der Waals surface area contributed by atoms with E-state index in [1.807, 2.05) is 35.9 Å². The highest BCUT2D eigenvalue weighted by molar-refractivity contribution is 7.22. The fraction of sp³-hybridized carbons (Fsp3) is 0.261. The van der Waals surface area contributed by atoms with Gasteiger partial charge in [-0.1, -0.05) is 17.4 Å². The number of imidazole rings is 1. The van der Waals surface area contributed by atoms with E-state index in [-0.39, 0.29) is 5.91 Å². The summed E-state index contributed by atoms with van der Waals surface area (Å²) in [5, 5.41) is 0.661. The van der Waals surface area contributed by atoms with Crippen molar-refractivity contribution in [2.24, 2.45) is 0 Å². The Kier molecular flexibility index (Phi) is 6.47. The first-order chi connectivity index (χ1) is 15.2. The van der Waals surface area contributed by atoms with Gasteiger partial charge in [0.2, 0.25) is 0 Å². The Morgan fingerprint density at radius 3 is 2.74 bits per heavy atom. The number of benzene rings is 2. The third kappa shape index (κ3) is 4.69. The topological polar surface area (TPSA) is 69.5 Å². The number of nitrogens with zero attached hydrogens (tertiary/aromatic N) is 4. The lowest BCUT2D eigenvalue weighted by atomic mass is 10.2. The average molecular weight is 437 g/mol. The summed E-state index contributed by atoms with van der Waals surface area (Å²) >= 11 is 1.49. The van der Waals surface area contributed by atoms with Gasteiger partial charge in [0.1, 0.15) is 17.0 Å². The molecule has 4 rings (SSSR count). The Morgan fingerprint density at radius 1 is 1.19 bits per heavy atom. The molecule has 0 N–H and O–H groups in total. The van der Waals surface area contributed by atoms with E-state index in [1.54, 1.807) is 48.8 Å². The van der Waals surface area contributed by atoms with Gasteiger partial charge >= 0.3 is 0 Å². The molecule has 0 atom stereocenters. The van der Waals surface area contributed by atoms with Gasteiger partial charge in [-0.05, 0) is 49.7 Å². The number of carbonyl (C=O) groups excluding carboxylic acids is 1. The van der Waals surface area contributed by atoms with Crippen LogP contribution in [0.25, 0.3) is 10.2 Å². The first-order valence-electron chi connectivity index (χ1n) is 10.1. The fourth-order valence-corrected chi connectivity index (χ4v) is 4.31. The maximum Gasteiger partial charge on any atom is 0.260 e. The van der Waals surface area contributed by atoms with Crippen LogP contribution in [0.2, 0.25) is 0 Å². The molecule has 7 nitrogen and oxygen atoms in total. The number of rotatable bonds is 9. The molecule has 1 amide bonds. The van der Waals surface area contributed by atoms with Gasteiger partial charge < -0.3 is 14.0 Å². The zero-order chi connectivity index (χ0) is 21.6. The fourth-order valence-electron chi connectivity index (χ4n) is 3.30. The standard InChI is InChI=1S/C23H24N4O3S/c1-3-30-19-6-4-7-20-21(19)25-23(31-20)27(14-5-13-26-15-12-24-16-26)22(28)17-8-10-18(29-2)11-9-17/h4,6-12,15-16H,3,5,13-14H2,1-2H3. The van der Waals surface area contributed by atoms with Gasteiger partial charge in [-0.3, -0.25) is 9.69 Å². The third-order valence-corrected chi connectivity index (χ3v) is 5.88. The molecule has 0 aliphatic heterocycles. The lowest BCUT2D eigenvalue weighted by molar-refractivity contribution is 0.0986. The van der Waals surface area contributed by atoms with E-state index in [1.165, 1.54) is 11.3 Å².